The number of cyclic esters (lactones) is 1. The molecule has 0 radical (unpaired) electrons. The largest absolute Gasteiger partial charge is 0.427 e. The highest BCUT2D eigenvalue weighted by Crippen LogP contribution is 2.26. The Bertz CT molecular complexity index is 936. The first-order chi connectivity index (χ1) is 11.9. The van der Waals surface area contributed by atoms with Crippen molar-refractivity contribution in [2.24, 2.45) is 4.99 Å². The SMILES string of the molecule is CC(=O)Oc1cccc(C=C2N=C(c3cc(I)ccc3Cl)OC2=O)c1. The number of carbonyl (C=O) groups is 2. The summed E-state index contributed by atoms with van der Waals surface area (Å²) in [5, 5.41) is 0.449. The van der Waals surface area contributed by atoms with Crippen LogP contribution in [0.3, 0.4) is 0 Å². The lowest BCUT2D eigenvalue weighted by Gasteiger charge is -2.02. The molecule has 0 amide bonds. The van der Waals surface area contributed by atoms with Gasteiger partial charge in [0, 0.05) is 10.5 Å². The van der Waals surface area contributed by atoms with Gasteiger partial charge in [-0.15, -0.1) is 0 Å². The normalized spacial score (nSPS) is 15.1. The van der Waals surface area contributed by atoms with Crippen molar-refractivity contribution in [2.45, 2.75) is 6.92 Å². The molecule has 0 unspecified atom stereocenters. The maximum atomic E-state index is 12.1. The van der Waals surface area contributed by atoms with Gasteiger partial charge in [0.1, 0.15) is 5.75 Å². The van der Waals surface area contributed by atoms with Crippen LogP contribution in [0.25, 0.3) is 6.08 Å². The van der Waals surface area contributed by atoms with Gasteiger partial charge in [0.25, 0.3) is 0 Å². The molecule has 5 nitrogen and oxygen atoms in total. The summed E-state index contributed by atoms with van der Waals surface area (Å²) in [6, 6.07) is 12.1. The molecule has 1 heterocycles. The minimum absolute atomic E-state index is 0.143. The van der Waals surface area contributed by atoms with E-state index in [0.29, 0.717) is 21.9 Å². The Morgan fingerprint density at radius 2 is 2.08 bits per heavy atom. The van der Waals surface area contributed by atoms with E-state index >= 15 is 0 Å². The zero-order valence-corrected chi connectivity index (χ0v) is 15.9. The average Bonchev–Trinajstić information content (AvgIpc) is 2.90. The number of hydrogen-bond donors (Lipinski definition) is 0. The Kier molecular flexibility index (Phi) is 5.19. The van der Waals surface area contributed by atoms with Crippen molar-refractivity contribution in [1.29, 1.82) is 0 Å². The Morgan fingerprint density at radius 3 is 2.84 bits per heavy atom. The lowest BCUT2D eigenvalue weighted by Crippen LogP contribution is -2.06. The number of aliphatic imine (C=N–C) groups is 1. The molecule has 1 aliphatic rings. The zero-order chi connectivity index (χ0) is 18.0. The first-order valence-corrected chi connectivity index (χ1v) is 8.64. The van der Waals surface area contributed by atoms with Crippen molar-refractivity contribution in [3.63, 3.8) is 0 Å². The molecule has 2 aromatic rings. The van der Waals surface area contributed by atoms with Gasteiger partial charge in [0.2, 0.25) is 5.90 Å². The number of ether oxygens (including phenoxy) is 2. The van der Waals surface area contributed by atoms with Crippen LogP contribution < -0.4 is 4.74 Å². The van der Waals surface area contributed by atoms with E-state index < -0.39 is 11.9 Å². The highest BCUT2D eigenvalue weighted by Gasteiger charge is 2.25. The maximum absolute atomic E-state index is 12.1. The van der Waals surface area contributed by atoms with E-state index in [-0.39, 0.29) is 11.6 Å². The van der Waals surface area contributed by atoms with E-state index in [9.17, 15) is 9.59 Å². The van der Waals surface area contributed by atoms with E-state index in [2.05, 4.69) is 27.6 Å². The topological polar surface area (TPSA) is 65.0 Å². The van der Waals surface area contributed by atoms with Gasteiger partial charge in [0.15, 0.2) is 5.70 Å². The number of nitrogens with zero attached hydrogens (tertiary/aromatic N) is 1. The Morgan fingerprint density at radius 1 is 1.28 bits per heavy atom. The standard InChI is InChI=1S/C18H11ClINO4/c1-10(22)24-13-4-2-3-11(7-13)8-16-18(23)25-17(21-16)14-9-12(20)5-6-15(14)19/h2-9H,1H3. The number of rotatable bonds is 3. The lowest BCUT2D eigenvalue weighted by molar-refractivity contribution is -0.132. The summed E-state index contributed by atoms with van der Waals surface area (Å²) in [7, 11) is 0. The van der Waals surface area contributed by atoms with Crippen LogP contribution in [-0.2, 0) is 14.3 Å². The highest BCUT2D eigenvalue weighted by molar-refractivity contribution is 14.1. The fourth-order valence-electron chi connectivity index (χ4n) is 2.18. The van der Waals surface area contributed by atoms with Crippen molar-refractivity contribution in [3.8, 4) is 5.75 Å². The number of carbonyl (C=O) groups excluding carboxylic acids is 2. The molecule has 0 aromatic heterocycles. The fraction of sp³-hybridized carbons (Fsp3) is 0.0556. The molecular weight excluding hydrogens is 457 g/mol. The number of benzene rings is 2. The molecule has 0 aliphatic carbocycles. The molecule has 1 aliphatic heterocycles. The van der Waals surface area contributed by atoms with Crippen molar-refractivity contribution in [2.75, 3.05) is 0 Å². The maximum Gasteiger partial charge on any atom is 0.363 e. The molecule has 25 heavy (non-hydrogen) atoms. The second kappa shape index (κ2) is 7.37. The minimum atomic E-state index is -0.567. The predicted octanol–water partition coefficient (Wildman–Crippen LogP) is 4.21. The third-order valence-electron chi connectivity index (χ3n) is 3.20. The predicted molar refractivity (Wildman–Crippen MR) is 103 cm³/mol. The third-order valence-corrected chi connectivity index (χ3v) is 4.20. The van der Waals surface area contributed by atoms with Gasteiger partial charge in [-0.3, -0.25) is 4.79 Å². The first kappa shape index (κ1) is 17.6. The molecule has 0 bridgehead atoms. The average molecular weight is 468 g/mol. The van der Waals surface area contributed by atoms with Gasteiger partial charge in [-0.05, 0) is 64.6 Å². The Labute approximate surface area is 162 Å². The second-order valence-electron chi connectivity index (χ2n) is 5.13. The summed E-state index contributed by atoms with van der Waals surface area (Å²) >= 11 is 8.30. The van der Waals surface area contributed by atoms with Crippen molar-refractivity contribution < 1.29 is 19.1 Å². The highest BCUT2D eigenvalue weighted by atomic mass is 127. The molecule has 2 aromatic carbocycles. The summed E-state index contributed by atoms with van der Waals surface area (Å²) in [6.07, 6.45) is 1.56. The van der Waals surface area contributed by atoms with E-state index in [4.69, 9.17) is 21.1 Å². The van der Waals surface area contributed by atoms with Crippen LogP contribution in [-0.4, -0.2) is 17.8 Å². The van der Waals surface area contributed by atoms with Crippen LogP contribution in [0.1, 0.15) is 18.1 Å². The molecule has 0 atom stereocenters. The van der Waals surface area contributed by atoms with E-state index in [1.165, 1.54) is 6.92 Å². The van der Waals surface area contributed by atoms with Crippen molar-refractivity contribution >= 4 is 58.1 Å². The van der Waals surface area contributed by atoms with Gasteiger partial charge in [0.05, 0.1) is 10.6 Å². The number of hydrogen-bond acceptors (Lipinski definition) is 5. The number of halogens is 2. The molecule has 0 saturated carbocycles. The summed E-state index contributed by atoms with van der Waals surface area (Å²) < 4.78 is 11.2. The second-order valence-corrected chi connectivity index (χ2v) is 6.78. The summed E-state index contributed by atoms with van der Waals surface area (Å²) in [6.45, 7) is 1.32. The van der Waals surface area contributed by atoms with E-state index in [1.807, 2.05) is 6.07 Å². The molecule has 3 rings (SSSR count). The van der Waals surface area contributed by atoms with Crippen LogP contribution in [0, 0.1) is 3.57 Å². The van der Waals surface area contributed by atoms with Crippen molar-refractivity contribution in [1.82, 2.24) is 0 Å². The van der Waals surface area contributed by atoms with Crippen LogP contribution in [0.4, 0.5) is 0 Å². The van der Waals surface area contributed by atoms with E-state index in [1.54, 1.807) is 42.5 Å². The van der Waals surface area contributed by atoms with Crippen LogP contribution in [0.5, 0.6) is 5.75 Å². The van der Waals surface area contributed by atoms with Gasteiger partial charge >= 0.3 is 11.9 Å². The van der Waals surface area contributed by atoms with Gasteiger partial charge in [-0.25, -0.2) is 9.79 Å². The summed E-state index contributed by atoms with van der Waals surface area (Å²) in [5.41, 5.74) is 1.35. The third kappa shape index (κ3) is 4.26. The summed E-state index contributed by atoms with van der Waals surface area (Å²) in [4.78, 5) is 27.4. The van der Waals surface area contributed by atoms with Crippen LogP contribution in [0.15, 0.2) is 53.2 Å². The Hall–Kier alpha value is -2.19. The Balaban J connectivity index is 1.93. The first-order valence-electron chi connectivity index (χ1n) is 7.19. The quantitative estimate of drug-likeness (QED) is 0.294. The number of esters is 2. The molecular formula is C18H11ClINO4. The van der Waals surface area contributed by atoms with Crippen LogP contribution >= 0.6 is 34.2 Å². The molecule has 0 fully saturated rings. The molecule has 126 valence electrons. The monoisotopic (exact) mass is 467 g/mol. The van der Waals surface area contributed by atoms with Crippen LogP contribution in [0.2, 0.25) is 5.02 Å². The van der Waals surface area contributed by atoms with E-state index in [0.717, 1.165) is 3.57 Å². The fourth-order valence-corrected chi connectivity index (χ4v) is 2.87. The molecule has 0 N–H and O–H groups in total. The lowest BCUT2D eigenvalue weighted by atomic mass is 10.2. The molecule has 7 heteroatoms. The minimum Gasteiger partial charge on any atom is -0.427 e. The van der Waals surface area contributed by atoms with Gasteiger partial charge in [-0.2, -0.15) is 0 Å². The van der Waals surface area contributed by atoms with Gasteiger partial charge in [-0.1, -0.05) is 23.7 Å². The molecule has 0 spiro atoms. The smallest absolute Gasteiger partial charge is 0.363 e. The summed E-state index contributed by atoms with van der Waals surface area (Å²) in [5.74, 6) is -0.435. The molecule has 0 saturated heterocycles. The van der Waals surface area contributed by atoms with Crippen molar-refractivity contribution in [3.05, 3.63) is 67.9 Å². The zero-order valence-electron chi connectivity index (χ0n) is 13.0. The van der Waals surface area contributed by atoms with Gasteiger partial charge < -0.3 is 9.47 Å².